The van der Waals surface area contributed by atoms with Gasteiger partial charge in [0.1, 0.15) is 5.75 Å². The van der Waals surface area contributed by atoms with E-state index in [-0.39, 0.29) is 12.4 Å². The standard InChI is InChI=1S/C18H18BrNO4/c1-20(2)14-6-4-5-13(9-14)18(22)24-11-16(21)12-7-8-17(23-3)15(19)10-12/h4-10H,11H2,1-3H3. The van der Waals surface area contributed by atoms with Gasteiger partial charge in [-0.15, -0.1) is 0 Å². The second kappa shape index (κ2) is 7.97. The number of rotatable bonds is 6. The monoisotopic (exact) mass is 391 g/mol. The molecule has 0 aliphatic rings. The summed E-state index contributed by atoms with van der Waals surface area (Å²) in [6.07, 6.45) is 0. The minimum absolute atomic E-state index is 0.282. The first-order chi connectivity index (χ1) is 11.4. The summed E-state index contributed by atoms with van der Waals surface area (Å²) >= 11 is 3.32. The zero-order valence-electron chi connectivity index (χ0n) is 13.7. The number of halogens is 1. The smallest absolute Gasteiger partial charge is 0.338 e. The minimum Gasteiger partial charge on any atom is -0.496 e. The lowest BCUT2D eigenvalue weighted by molar-refractivity contribution is 0.0475. The Morgan fingerprint density at radius 2 is 1.83 bits per heavy atom. The molecule has 0 unspecified atom stereocenters. The summed E-state index contributed by atoms with van der Waals surface area (Å²) in [5.41, 5.74) is 1.73. The van der Waals surface area contributed by atoms with Crippen LogP contribution < -0.4 is 9.64 Å². The van der Waals surface area contributed by atoms with E-state index in [1.165, 1.54) is 0 Å². The molecule has 2 aromatic rings. The summed E-state index contributed by atoms with van der Waals surface area (Å²) in [5.74, 6) is -0.181. The Balaban J connectivity index is 2.02. The molecule has 0 aliphatic carbocycles. The minimum atomic E-state index is -0.528. The zero-order valence-corrected chi connectivity index (χ0v) is 15.3. The Bertz CT molecular complexity index is 758. The van der Waals surface area contributed by atoms with Gasteiger partial charge in [-0.2, -0.15) is 0 Å². The number of carbonyl (C=O) groups excluding carboxylic acids is 2. The van der Waals surface area contributed by atoms with Crippen molar-refractivity contribution in [1.82, 2.24) is 0 Å². The number of hydrogen-bond donors (Lipinski definition) is 0. The summed E-state index contributed by atoms with van der Waals surface area (Å²) in [7, 11) is 5.32. The number of esters is 1. The molecule has 0 aliphatic heterocycles. The van der Waals surface area contributed by atoms with Gasteiger partial charge in [0.2, 0.25) is 0 Å². The van der Waals surface area contributed by atoms with Crippen LogP contribution in [0.3, 0.4) is 0 Å². The maximum atomic E-state index is 12.2. The number of carbonyl (C=O) groups is 2. The van der Waals surface area contributed by atoms with Crippen LogP contribution in [0.2, 0.25) is 0 Å². The number of anilines is 1. The number of hydrogen-bond acceptors (Lipinski definition) is 5. The molecule has 2 rings (SSSR count). The van der Waals surface area contributed by atoms with Crippen molar-refractivity contribution in [2.75, 3.05) is 32.7 Å². The maximum Gasteiger partial charge on any atom is 0.338 e. The number of nitrogens with zero attached hydrogens (tertiary/aromatic N) is 1. The van der Waals surface area contributed by atoms with Gasteiger partial charge in [0.05, 0.1) is 17.1 Å². The molecule has 2 aromatic carbocycles. The lowest BCUT2D eigenvalue weighted by Crippen LogP contribution is -2.15. The van der Waals surface area contributed by atoms with E-state index < -0.39 is 5.97 Å². The van der Waals surface area contributed by atoms with E-state index >= 15 is 0 Å². The third kappa shape index (κ3) is 4.35. The molecule has 0 N–H and O–H groups in total. The highest BCUT2D eigenvalue weighted by Crippen LogP contribution is 2.25. The number of ketones is 1. The van der Waals surface area contributed by atoms with Crippen molar-refractivity contribution >= 4 is 33.4 Å². The number of methoxy groups -OCH3 is 1. The molecule has 0 saturated carbocycles. The highest BCUT2D eigenvalue weighted by atomic mass is 79.9. The number of Topliss-reactive ketones (excluding diaryl/α,β-unsaturated/α-hetero) is 1. The molecule has 5 nitrogen and oxygen atoms in total. The molecule has 0 amide bonds. The molecule has 6 heteroatoms. The van der Waals surface area contributed by atoms with Crippen LogP contribution in [0.15, 0.2) is 46.9 Å². The summed E-state index contributed by atoms with van der Waals surface area (Å²) in [5, 5.41) is 0. The van der Waals surface area contributed by atoms with Crippen LogP contribution in [0.5, 0.6) is 5.75 Å². The van der Waals surface area contributed by atoms with E-state index in [9.17, 15) is 9.59 Å². The van der Waals surface area contributed by atoms with E-state index in [2.05, 4.69) is 15.9 Å². The fourth-order valence-electron chi connectivity index (χ4n) is 2.05. The maximum absolute atomic E-state index is 12.2. The molecule has 0 spiro atoms. The van der Waals surface area contributed by atoms with Gasteiger partial charge < -0.3 is 14.4 Å². The first-order valence-corrected chi connectivity index (χ1v) is 8.03. The molecule has 0 atom stereocenters. The van der Waals surface area contributed by atoms with Crippen LogP contribution in [0.1, 0.15) is 20.7 Å². The lowest BCUT2D eigenvalue weighted by atomic mass is 10.1. The normalized spacial score (nSPS) is 10.2. The molecule has 0 heterocycles. The second-order valence-corrected chi connectivity index (χ2v) is 6.15. The van der Waals surface area contributed by atoms with Gasteiger partial charge in [-0.3, -0.25) is 4.79 Å². The Morgan fingerprint density at radius 3 is 2.46 bits per heavy atom. The zero-order chi connectivity index (χ0) is 17.7. The molecular formula is C18H18BrNO4. The Morgan fingerprint density at radius 1 is 1.08 bits per heavy atom. The van der Waals surface area contributed by atoms with Crippen LogP contribution in [0.4, 0.5) is 5.69 Å². The van der Waals surface area contributed by atoms with Crippen LogP contribution in [0.25, 0.3) is 0 Å². The third-order valence-electron chi connectivity index (χ3n) is 3.41. The molecular weight excluding hydrogens is 374 g/mol. The first kappa shape index (κ1) is 18.0. The van der Waals surface area contributed by atoms with Crippen molar-refractivity contribution in [2.24, 2.45) is 0 Å². The highest BCUT2D eigenvalue weighted by Gasteiger charge is 2.14. The fourth-order valence-corrected chi connectivity index (χ4v) is 2.59. The van der Waals surface area contributed by atoms with E-state index in [0.717, 1.165) is 5.69 Å². The third-order valence-corrected chi connectivity index (χ3v) is 4.03. The van der Waals surface area contributed by atoms with Gasteiger partial charge in [-0.25, -0.2) is 4.79 Å². The first-order valence-electron chi connectivity index (χ1n) is 7.23. The van der Waals surface area contributed by atoms with Gasteiger partial charge in [0, 0.05) is 25.3 Å². The molecule has 24 heavy (non-hydrogen) atoms. The SMILES string of the molecule is COc1ccc(C(=O)COC(=O)c2cccc(N(C)C)c2)cc1Br. The number of benzene rings is 2. The molecule has 0 aromatic heterocycles. The molecule has 0 radical (unpaired) electrons. The average Bonchev–Trinajstić information content (AvgIpc) is 2.59. The largest absolute Gasteiger partial charge is 0.496 e. The summed E-state index contributed by atoms with van der Waals surface area (Å²) in [6.45, 7) is -0.316. The summed E-state index contributed by atoms with van der Waals surface area (Å²) in [6, 6.07) is 12.0. The van der Waals surface area contributed by atoms with Gasteiger partial charge in [-0.1, -0.05) is 6.07 Å². The predicted molar refractivity (Wildman–Crippen MR) is 96.1 cm³/mol. The van der Waals surface area contributed by atoms with E-state index in [1.54, 1.807) is 43.5 Å². The summed E-state index contributed by atoms with van der Waals surface area (Å²) < 4.78 is 10.9. The molecule has 0 fully saturated rings. The van der Waals surface area contributed by atoms with Crippen LogP contribution in [-0.2, 0) is 4.74 Å². The van der Waals surface area contributed by atoms with Gasteiger partial charge in [0.25, 0.3) is 0 Å². The lowest BCUT2D eigenvalue weighted by Gasteiger charge is -2.13. The van der Waals surface area contributed by atoms with Gasteiger partial charge in [0.15, 0.2) is 12.4 Å². The van der Waals surface area contributed by atoms with Crippen molar-refractivity contribution in [3.05, 3.63) is 58.1 Å². The quantitative estimate of drug-likeness (QED) is 0.556. The van der Waals surface area contributed by atoms with E-state index in [1.807, 2.05) is 25.1 Å². The number of ether oxygens (including phenoxy) is 2. The molecule has 126 valence electrons. The van der Waals surface area contributed by atoms with Gasteiger partial charge >= 0.3 is 5.97 Å². The van der Waals surface area contributed by atoms with Crippen molar-refractivity contribution in [3.8, 4) is 5.75 Å². The highest BCUT2D eigenvalue weighted by molar-refractivity contribution is 9.10. The van der Waals surface area contributed by atoms with Crippen molar-refractivity contribution in [1.29, 1.82) is 0 Å². The Kier molecular flexibility index (Phi) is 5.98. The van der Waals surface area contributed by atoms with Crippen molar-refractivity contribution < 1.29 is 19.1 Å². The summed E-state index contributed by atoms with van der Waals surface area (Å²) in [4.78, 5) is 26.1. The second-order valence-electron chi connectivity index (χ2n) is 5.29. The van der Waals surface area contributed by atoms with Crippen molar-refractivity contribution in [2.45, 2.75) is 0 Å². The van der Waals surface area contributed by atoms with Crippen molar-refractivity contribution in [3.63, 3.8) is 0 Å². The van der Waals surface area contributed by atoms with Crippen LogP contribution >= 0.6 is 15.9 Å². The van der Waals surface area contributed by atoms with Crippen LogP contribution in [0, 0.1) is 0 Å². The predicted octanol–water partition coefficient (Wildman–Crippen LogP) is 3.56. The molecule has 0 saturated heterocycles. The average molecular weight is 392 g/mol. The van der Waals surface area contributed by atoms with Crippen LogP contribution in [-0.4, -0.2) is 39.6 Å². The Hall–Kier alpha value is -2.34. The Labute approximate surface area is 149 Å². The van der Waals surface area contributed by atoms with E-state index in [4.69, 9.17) is 9.47 Å². The van der Waals surface area contributed by atoms with E-state index in [0.29, 0.717) is 21.3 Å². The van der Waals surface area contributed by atoms with Gasteiger partial charge in [-0.05, 0) is 52.3 Å². The topological polar surface area (TPSA) is 55.8 Å². The molecule has 0 bridgehead atoms. The fraction of sp³-hybridized carbons (Fsp3) is 0.222.